The molecular weight excluding hydrogens is 400 g/mol. The van der Waals surface area contributed by atoms with Crippen LogP contribution < -0.4 is 0 Å². The van der Waals surface area contributed by atoms with Gasteiger partial charge in [-0.3, -0.25) is 19.7 Å². The van der Waals surface area contributed by atoms with Gasteiger partial charge in [-0.2, -0.15) is 0 Å². The van der Waals surface area contributed by atoms with Gasteiger partial charge in [-0.1, -0.05) is 31.0 Å². The summed E-state index contributed by atoms with van der Waals surface area (Å²) in [5.41, 5.74) is 0.0315. The van der Waals surface area contributed by atoms with Crippen LogP contribution in [0.1, 0.15) is 37.7 Å². The van der Waals surface area contributed by atoms with Crippen LogP contribution in [0.3, 0.4) is 0 Å². The first-order valence-electron chi connectivity index (χ1n) is 9.66. The first kappa shape index (κ1) is 21.2. The van der Waals surface area contributed by atoms with Gasteiger partial charge < -0.3 is 9.64 Å². The van der Waals surface area contributed by atoms with Crippen LogP contribution in [-0.2, 0) is 30.6 Å². The van der Waals surface area contributed by atoms with Crippen molar-refractivity contribution in [3.63, 3.8) is 0 Å². The van der Waals surface area contributed by atoms with E-state index in [1.807, 2.05) is 0 Å². The number of nitro groups is 1. The van der Waals surface area contributed by atoms with Gasteiger partial charge >= 0.3 is 5.97 Å². The molecule has 29 heavy (non-hydrogen) atoms. The van der Waals surface area contributed by atoms with Crippen LogP contribution in [-0.4, -0.2) is 60.3 Å². The second kappa shape index (κ2) is 8.89. The summed E-state index contributed by atoms with van der Waals surface area (Å²) in [4.78, 5) is 37.0. The minimum Gasteiger partial charge on any atom is -0.455 e. The average Bonchev–Trinajstić information content (AvgIpc) is 3.30. The number of sulfone groups is 1. The highest BCUT2D eigenvalue weighted by atomic mass is 32.2. The third-order valence-corrected chi connectivity index (χ3v) is 7.24. The number of nitrogens with zero attached hydrogens (tertiary/aromatic N) is 2. The number of benzene rings is 1. The quantitative estimate of drug-likeness (QED) is 0.370. The minimum atomic E-state index is -3.15. The molecule has 0 spiro atoms. The lowest BCUT2D eigenvalue weighted by atomic mass is 10.1. The summed E-state index contributed by atoms with van der Waals surface area (Å²) < 4.78 is 28.8. The van der Waals surface area contributed by atoms with Crippen LogP contribution in [0.25, 0.3) is 0 Å². The Morgan fingerprint density at radius 3 is 2.45 bits per heavy atom. The van der Waals surface area contributed by atoms with E-state index in [9.17, 15) is 28.1 Å². The molecule has 0 bridgehead atoms. The maximum atomic E-state index is 12.8. The van der Waals surface area contributed by atoms with Crippen molar-refractivity contribution in [2.75, 3.05) is 18.1 Å². The molecule has 1 saturated heterocycles. The van der Waals surface area contributed by atoms with E-state index < -0.39 is 33.2 Å². The Kier molecular flexibility index (Phi) is 6.51. The van der Waals surface area contributed by atoms with Crippen molar-refractivity contribution in [1.82, 2.24) is 4.90 Å². The summed E-state index contributed by atoms with van der Waals surface area (Å²) in [7, 11) is -3.15. The highest BCUT2D eigenvalue weighted by Crippen LogP contribution is 2.29. The van der Waals surface area contributed by atoms with E-state index in [2.05, 4.69) is 0 Å². The largest absolute Gasteiger partial charge is 0.455 e. The number of ether oxygens (including phenoxy) is 1. The Morgan fingerprint density at radius 1 is 1.14 bits per heavy atom. The highest BCUT2D eigenvalue weighted by Gasteiger charge is 2.39. The Labute approximate surface area is 169 Å². The second-order valence-electron chi connectivity index (χ2n) is 7.52. The van der Waals surface area contributed by atoms with Crippen LogP contribution in [0.2, 0.25) is 0 Å². The summed E-state index contributed by atoms with van der Waals surface area (Å²) in [5.74, 6) is -1.14. The number of rotatable bonds is 7. The third kappa shape index (κ3) is 5.31. The van der Waals surface area contributed by atoms with E-state index in [1.54, 1.807) is 11.0 Å². The zero-order valence-corrected chi connectivity index (χ0v) is 16.8. The van der Waals surface area contributed by atoms with Gasteiger partial charge in [0.25, 0.3) is 11.6 Å². The Hall–Kier alpha value is -2.49. The molecule has 2 aliphatic rings. The molecule has 1 unspecified atom stereocenters. The molecular formula is C19H24N2O7S. The van der Waals surface area contributed by atoms with Gasteiger partial charge in [0.2, 0.25) is 0 Å². The molecule has 10 heteroatoms. The third-order valence-electron chi connectivity index (χ3n) is 5.49. The number of carbonyl (C=O) groups excluding carboxylic acids is 2. The maximum absolute atomic E-state index is 12.8. The zero-order valence-electron chi connectivity index (χ0n) is 16.0. The lowest BCUT2D eigenvalue weighted by molar-refractivity contribution is -0.385. The van der Waals surface area contributed by atoms with Crippen molar-refractivity contribution < 1.29 is 27.7 Å². The summed E-state index contributed by atoms with van der Waals surface area (Å²) in [6.07, 6.45) is 3.66. The van der Waals surface area contributed by atoms with E-state index >= 15 is 0 Å². The predicted molar refractivity (Wildman–Crippen MR) is 104 cm³/mol. The lowest BCUT2D eigenvalue weighted by Gasteiger charge is -2.33. The summed E-state index contributed by atoms with van der Waals surface area (Å²) in [6, 6.07) is 5.44. The monoisotopic (exact) mass is 424 g/mol. The van der Waals surface area contributed by atoms with Crippen molar-refractivity contribution in [3.8, 4) is 0 Å². The van der Waals surface area contributed by atoms with Crippen molar-refractivity contribution in [2.45, 2.75) is 50.6 Å². The van der Waals surface area contributed by atoms with E-state index in [4.69, 9.17) is 4.74 Å². The Morgan fingerprint density at radius 2 is 1.83 bits per heavy atom. The number of nitro benzene ring substituents is 1. The van der Waals surface area contributed by atoms with Crippen LogP contribution in [0.15, 0.2) is 24.3 Å². The van der Waals surface area contributed by atoms with Crippen LogP contribution >= 0.6 is 0 Å². The number of carbonyl (C=O) groups is 2. The minimum absolute atomic E-state index is 0.0327. The molecule has 1 amide bonds. The van der Waals surface area contributed by atoms with Crippen molar-refractivity contribution in [1.29, 1.82) is 0 Å². The van der Waals surface area contributed by atoms with E-state index in [0.717, 1.165) is 25.7 Å². The average molecular weight is 424 g/mol. The molecule has 9 nitrogen and oxygen atoms in total. The van der Waals surface area contributed by atoms with Gasteiger partial charge in [0, 0.05) is 23.7 Å². The number of hydrogen-bond acceptors (Lipinski definition) is 7. The smallest absolute Gasteiger partial charge is 0.311 e. The number of esters is 1. The van der Waals surface area contributed by atoms with Gasteiger partial charge in [0.15, 0.2) is 16.4 Å². The van der Waals surface area contributed by atoms with E-state index in [0.29, 0.717) is 6.42 Å². The maximum Gasteiger partial charge on any atom is 0.311 e. The Bertz CT molecular complexity index is 894. The molecule has 0 aromatic heterocycles. The molecule has 1 atom stereocenters. The predicted octanol–water partition coefficient (Wildman–Crippen LogP) is 1.64. The van der Waals surface area contributed by atoms with Gasteiger partial charge in [-0.15, -0.1) is 0 Å². The van der Waals surface area contributed by atoms with Crippen LogP contribution in [0.4, 0.5) is 5.69 Å². The molecule has 3 rings (SSSR count). The summed E-state index contributed by atoms with van der Waals surface area (Å²) in [5, 5.41) is 11.0. The standard InChI is InChI=1S/C19H24N2O7S/c22-18(12-28-19(23)11-14-5-1-4-8-17(14)21(24)25)20(15-6-2-3-7-15)16-9-10-29(26,27)13-16/h1,4-5,8,15-16H,2-3,6-7,9-13H2. The number of para-hydroxylation sites is 1. The van der Waals surface area contributed by atoms with Gasteiger partial charge in [-0.05, 0) is 19.3 Å². The van der Waals surface area contributed by atoms with Gasteiger partial charge in [0.05, 0.1) is 22.8 Å². The van der Waals surface area contributed by atoms with Crippen LogP contribution in [0.5, 0.6) is 0 Å². The van der Waals surface area contributed by atoms with Gasteiger partial charge in [0.1, 0.15) is 0 Å². The second-order valence-corrected chi connectivity index (χ2v) is 9.75. The molecule has 1 aliphatic heterocycles. The molecule has 0 radical (unpaired) electrons. The fourth-order valence-corrected chi connectivity index (χ4v) is 5.86. The fraction of sp³-hybridized carbons (Fsp3) is 0.579. The molecule has 1 heterocycles. The normalized spacial score (nSPS) is 21.0. The molecule has 1 aromatic carbocycles. The number of hydrogen-bond donors (Lipinski definition) is 0. The van der Waals surface area contributed by atoms with Gasteiger partial charge in [-0.25, -0.2) is 8.42 Å². The summed E-state index contributed by atoms with van der Waals surface area (Å²) in [6.45, 7) is -0.494. The fourth-order valence-electron chi connectivity index (χ4n) is 4.14. The first-order chi connectivity index (χ1) is 13.8. The van der Waals surface area contributed by atoms with Crippen molar-refractivity contribution >= 4 is 27.4 Å². The van der Waals surface area contributed by atoms with Crippen molar-refractivity contribution in [3.05, 3.63) is 39.9 Å². The molecule has 0 N–H and O–H groups in total. The Balaban J connectivity index is 1.62. The zero-order chi connectivity index (χ0) is 21.0. The number of amides is 1. The lowest BCUT2D eigenvalue weighted by Crippen LogP contribution is -2.48. The topological polar surface area (TPSA) is 124 Å². The van der Waals surface area contributed by atoms with E-state index in [-0.39, 0.29) is 41.3 Å². The SMILES string of the molecule is O=C(Cc1ccccc1[N+](=O)[O-])OCC(=O)N(C1CCCC1)C1CCS(=O)(=O)C1. The van der Waals surface area contributed by atoms with Crippen LogP contribution in [0, 0.1) is 10.1 Å². The molecule has 158 valence electrons. The van der Waals surface area contributed by atoms with E-state index in [1.165, 1.54) is 18.2 Å². The molecule has 1 aromatic rings. The summed E-state index contributed by atoms with van der Waals surface area (Å²) >= 11 is 0. The molecule has 1 saturated carbocycles. The molecule has 2 fully saturated rings. The first-order valence-corrected chi connectivity index (χ1v) is 11.5. The van der Waals surface area contributed by atoms with Crippen molar-refractivity contribution in [2.24, 2.45) is 0 Å². The highest BCUT2D eigenvalue weighted by molar-refractivity contribution is 7.91. The molecule has 1 aliphatic carbocycles.